The lowest BCUT2D eigenvalue weighted by Gasteiger charge is -2.09. The van der Waals surface area contributed by atoms with Crippen molar-refractivity contribution in [3.05, 3.63) is 46.4 Å². The second kappa shape index (κ2) is 9.25. The van der Waals surface area contributed by atoms with E-state index in [1.807, 2.05) is 0 Å². The highest BCUT2D eigenvalue weighted by Crippen LogP contribution is 2.32. The Balaban J connectivity index is 1.70. The molecule has 0 radical (unpaired) electrons. The van der Waals surface area contributed by atoms with Gasteiger partial charge in [0.15, 0.2) is 17.3 Å². The fraction of sp³-hybridized carbons (Fsp3) is 0.167. The highest BCUT2D eigenvalue weighted by Gasteiger charge is 2.16. The minimum absolute atomic E-state index is 0.0596. The average molecular weight is 454 g/mol. The molecule has 0 aliphatic rings. The molecule has 0 saturated heterocycles. The standard InChI is InChI=1S/C18H17Cl2N5O3S/c1-27-14-6-3-10(7-15(14)28-2)17-23-24-18(25(17)21)29-9-16(26)22-13-8-11(19)4-5-12(13)20/h3-8H,9,21H2,1-2H3,(H,22,26). The number of benzene rings is 2. The van der Waals surface area contributed by atoms with Gasteiger partial charge in [0.2, 0.25) is 11.1 Å². The largest absolute Gasteiger partial charge is 0.493 e. The van der Waals surface area contributed by atoms with Crippen LogP contribution in [-0.2, 0) is 4.79 Å². The van der Waals surface area contributed by atoms with Crippen molar-refractivity contribution in [1.29, 1.82) is 0 Å². The Hall–Kier alpha value is -2.62. The van der Waals surface area contributed by atoms with E-state index in [9.17, 15) is 4.79 Å². The van der Waals surface area contributed by atoms with Gasteiger partial charge in [0.25, 0.3) is 0 Å². The van der Waals surface area contributed by atoms with Gasteiger partial charge in [0, 0.05) is 10.6 Å². The lowest BCUT2D eigenvalue weighted by molar-refractivity contribution is -0.113. The molecule has 0 aliphatic heterocycles. The van der Waals surface area contributed by atoms with Gasteiger partial charge >= 0.3 is 0 Å². The fourth-order valence-electron chi connectivity index (χ4n) is 2.46. The summed E-state index contributed by atoms with van der Waals surface area (Å²) in [6.45, 7) is 0. The van der Waals surface area contributed by atoms with Gasteiger partial charge < -0.3 is 20.6 Å². The van der Waals surface area contributed by atoms with Crippen LogP contribution in [0.15, 0.2) is 41.6 Å². The molecule has 8 nitrogen and oxygen atoms in total. The van der Waals surface area contributed by atoms with E-state index in [2.05, 4.69) is 15.5 Å². The maximum absolute atomic E-state index is 12.2. The van der Waals surface area contributed by atoms with Gasteiger partial charge in [0.1, 0.15) is 0 Å². The Labute approximate surface area is 181 Å². The highest BCUT2D eigenvalue weighted by atomic mass is 35.5. The summed E-state index contributed by atoms with van der Waals surface area (Å²) in [5.41, 5.74) is 1.13. The highest BCUT2D eigenvalue weighted by molar-refractivity contribution is 7.99. The van der Waals surface area contributed by atoms with Crippen molar-refractivity contribution in [2.45, 2.75) is 5.16 Å². The van der Waals surface area contributed by atoms with Crippen molar-refractivity contribution in [2.24, 2.45) is 0 Å². The molecule has 0 atom stereocenters. The van der Waals surface area contributed by atoms with Crippen LogP contribution in [0.3, 0.4) is 0 Å². The van der Waals surface area contributed by atoms with E-state index >= 15 is 0 Å². The quantitative estimate of drug-likeness (QED) is 0.414. The summed E-state index contributed by atoms with van der Waals surface area (Å²) < 4.78 is 11.8. The van der Waals surface area contributed by atoms with Crippen LogP contribution in [-0.4, -0.2) is 40.8 Å². The van der Waals surface area contributed by atoms with Crippen LogP contribution >= 0.6 is 35.0 Å². The zero-order chi connectivity index (χ0) is 21.0. The normalized spacial score (nSPS) is 10.6. The molecule has 3 aromatic rings. The number of nitrogens with zero attached hydrogens (tertiary/aromatic N) is 3. The first-order chi connectivity index (χ1) is 13.9. The number of carbonyl (C=O) groups is 1. The van der Waals surface area contributed by atoms with Crippen molar-refractivity contribution < 1.29 is 14.3 Å². The molecule has 1 heterocycles. The predicted octanol–water partition coefficient (Wildman–Crippen LogP) is 3.71. The third-order valence-electron chi connectivity index (χ3n) is 3.84. The number of nitrogen functional groups attached to an aromatic ring is 1. The van der Waals surface area contributed by atoms with Crippen LogP contribution in [0.1, 0.15) is 0 Å². The Kier molecular flexibility index (Phi) is 6.73. The number of nitrogens with one attached hydrogen (secondary N) is 1. The molecule has 3 rings (SSSR count). The molecule has 0 fully saturated rings. The average Bonchev–Trinajstić information content (AvgIpc) is 3.09. The van der Waals surface area contributed by atoms with Crippen LogP contribution in [0.2, 0.25) is 10.0 Å². The first-order valence-electron chi connectivity index (χ1n) is 8.23. The van der Waals surface area contributed by atoms with E-state index in [-0.39, 0.29) is 11.7 Å². The van der Waals surface area contributed by atoms with E-state index in [1.54, 1.807) is 50.6 Å². The predicted molar refractivity (Wildman–Crippen MR) is 115 cm³/mol. The van der Waals surface area contributed by atoms with Gasteiger partial charge in [-0.15, -0.1) is 10.2 Å². The second-order valence-electron chi connectivity index (χ2n) is 5.71. The number of hydrogen-bond acceptors (Lipinski definition) is 7. The number of anilines is 1. The molecule has 3 N–H and O–H groups in total. The van der Waals surface area contributed by atoms with Gasteiger partial charge in [-0.1, -0.05) is 35.0 Å². The summed E-state index contributed by atoms with van der Waals surface area (Å²) in [4.78, 5) is 12.2. The van der Waals surface area contributed by atoms with Gasteiger partial charge in [0.05, 0.1) is 30.7 Å². The number of thioether (sulfide) groups is 1. The Morgan fingerprint density at radius 3 is 2.62 bits per heavy atom. The topological polar surface area (TPSA) is 104 Å². The van der Waals surface area contributed by atoms with Gasteiger partial charge in [-0.2, -0.15) is 0 Å². The van der Waals surface area contributed by atoms with Crippen molar-refractivity contribution in [3.63, 3.8) is 0 Å². The van der Waals surface area contributed by atoms with Crippen molar-refractivity contribution in [2.75, 3.05) is 31.1 Å². The number of methoxy groups -OCH3 is 2. The molecule has 0 bridgehead atoms. The zero-order valence-corrected chi connectivity index (χ0v) is 17.8. The third-order valence-corrected chi connectivity index (χ3v) is 5.35. The van der Waals surface area contributed by atoms with E-state index in [4.69, 9.17) is 38.5 Å². The number of nitrogens with two attached hydrogens (primary N) is 1. The minimum atomic E-state index is -0.283. The lowest BCUT2D eigenvalue weighted by Crippen LogP contribution is -2.16. The van der Waals surface area contributed by atoms with Crippen LogP contribution in [0.4, 0.5) is 5.69 Å². The van der Waals surface area contributed by atoms with Crippen LogP contribution in [0.5, 0.6) is 11.5 Å². The molecule has 2 aromatic carbocycles. The third kappa shape index (κ3) is 4.87. The van der Waals surface area contributed by atoms with E-state index in [1.165, 1.54) is 4.68 Å². The second-order valence-corrected chi connectivity index (χ2v) is 7.49. The number of hydrogen-bond donors (Lipinski definition) is 2. The summed E-state index contributed by atoms with van der Waals surface area (Å²) >= 11 is 13.1. The maximum atomic E-state index is 12.2. The van der Waals surface area contributed by atoms with Crippen LogP contribution in [0, 0.1) is 0 Å². The fourth-order valence-corrected chi connectivity index (χ4v) is 3.45. The number of carbonyl (C=O) groups excluding carboxylic acids is 1. The smallest absolute Gasteiger partial charge is 0.234 e. The molecule has 0 aliphatic carbocycles. The van der Waals surface area contributed by atoms with Crippen molar-refractivity contribution >= 4 is 46.6 Å². The molecule has 11 heteroatoms. The minimum Gasteiger partial charge on any atom is -0.493 e. The van der Waals surface area contributed by atoms with Crippen molar-refractivity contribution in [1.82, 2.24) is 14.9 Å². The molecular formula is C18H17Cl2N5O3S. The first-order valence-corrected chi connectivity index (χ1v) is 9.97. The lowest BCUT2D eigenvalue weighted by atomic mass is 10.2. The number of halogens is 2. The summed E-state index contributed by atoms with van der Waals surface area (Å²) in [7, 11) is 3.10. The maximum Gasteiger partial charge on any atom is 0.234 e. The molecule has 0 saturated carbocycles. The molecule has 1 aromatic heterocycles. The molecule has 0 spiro atoms. The zero-order valence-electron chi connectivity index (χ0n) is 15.5. The van der Waals surface area contributed by atoms with Crippen LogP contribution in [0.25, 0.3) is 11.4 Å². The molecule has 29 heavy (non-hydrogen) atoms. The Morgan fingerprint density at radius 2 is 1.90 bits per heavy atom. The number of amides is 1. The Morgan fingerprint density at radius 1 is 1.14 bits per heavy atom. The van der Waals surface area contributed by atoms with Gasteiger partial charge in [-0.3, -0.25) is 4.79 Å². The molecule has 0 unspecified atom stereocenters. The van der Waals surface area contributed by atoms with Gasteiger partial charge in [-0.25, -0.2) is 4.68 Å². The first kappa shape index (κ1) is 21.1. The summed E-state index contributed by atoms with van der Waals surface area (Å²) in [6, 6.07) is 10.1. The monoisotopic (exact) mass is 453 g/mol. The van der Waals surface area contributed by atoms with E-state index in [0.29, 0.717) is 43.8 Å². The summed E-state index contributed by atoms with van der Waals surface area (Å²) in [5, 5.41) is 12.1. The number of rotatable bonds is 7. The Bertz CT molecular complexity index is 1040. The summed E-state index contributed by atoms with van der Waals surface area (Å²) in [5.74, 6) is 7.44. The SMILES string of the molecule is COc1ccc(-c2nnc(SCC(=O)Nc3cc(Cl)ccc3Cl)n2N)cc1OC. The van der Waals surface area contributed by atoms with E-state index in [0.717, 1.165) is 11.8 Å². The molecular weight excluding hydrogens is 437 g/mol. The summed E-state index contributed by atoms with van der Waals surface area (Å²) in [6.07, 6.45) is 0. The van der Waals surface area contributed by atoms with Gasteiger partial charge in [-0.05, 0) is 36.4 Å². The van der Waals surface area contributed by atoms with E-state index < -0.39 is 0 Å². The van der Waals surface area contributed by atoms with Crippen molar-refractivity contribution in [3.8, 4) is 22.9 Å². The molecule has 1 amide bonds. The van der Waals surface area contributed by atoms with Crippen LogP contribution < -0.4 is 20.6 Å². The number of ether oxygens (including phenoxy) is 2. The molecule has 152 valence electrons. The number of aromatic nitrogens is 3.